The Labute approximate surface area is 163 Å². The van der Waals surface area contributed by atoms with Gasteiger partial charge in [0.15, 0.2) is 5.82 Å². The van der Waals surface area contributed by atoms with Crippen LogP contribution in [0.4, 0.5) is 5.69 Å². The van der Waals surface area contributed by atoms with Crippen LogP contribution in [0.2, 0.25) is 0 Å². The molecule has 0 aliphatic carbocycles. The molecule has 0 N–H and O–H groups in total. The van der Waals surface area contributed by atoms with Crippen molar-refractivity contribution in [3.63, 3.8) is 0 Å². The molecule has 0 aliphatic rings. The number of non-ortho nitro benzene ring substituents is 1. The third kappa shape index (κ3) is 3.14. The molecule has 140 valence electrons. The number of hydrogen-bond acceptors (Lipinski definition) is 7. The van der Waals surface area contributed by atoms with E-state index in [1.807, 2.05) is 24.3 Å². The van der Waals surface area contributed by atoms with E-state index >= 15 is 0 Å². The van der Waals surface area contributed by atoms with Gasteiger partial charge in [-0.25, -0.2) is 4.98 Å². The van der Waals surface area contributed by atoms with E-state index < -0.39 is 4.92 Å². The molecular weight excluding hydrogens is 370 g/mol. The molecule has 3 heterocycles. The quantitative estimate of drug-likeness (QED) is 0.346. The van der Waals surface area contributed by atoms with Crippen LogP contribution in [-0.2, 0) is 6.42 Å². The molecule has 9 heteroatoms. The van der Waals surface area contributed by atoms with Crippen molar-refractivity contribution in [2.75, 3.05) is 0 Å². The van der Waals surface area contributed by atoms with Crippen LogP contribution >= 0.6 is 0 Å². The van der Waals surface area contributed by atoms with E-state index in [1.165, 1.54) is 18.3 Å². The first-order valence-electron chi connectivity index (χ1n) is 8.83. The SMILES string of the molecule is O=[N+]([O-])c1cccc(-c2cnc3nnc(Cc4ccc5ncccc5c4)n3n2)c1. The second kappa shape index (κ2) is 6.71. The van der Waals surface area contributed by atoms with Crippen molar-refractivity contribution >= 4 is 22.4 Å². The molecule has 0 unspecified atom stereocenters. The Morgan fingerprint density at radius 3 is 2.83 bits per heavy atom. The van der Waals surface area contributed by atoms with Gasteiger partial charge in [0, 0.05) is 35.7 Å². The van der Waals surface area contributed by atoms with Crippen LogP contribution in [0.5, 0.6) is 0 Å². The van der Waals surface area contributed by atoms with Gasteiger partial charge in [-0.1, -0.05) is 24.3 Å². The standard InChI is InChI=1S/C20H13N7O2/c28-27(29)16-5-1-3-15(11-16)18-12-22-20-24-23-19(26(20)25-18)10-13-6-7-17-14(9-13)4-2-8-21-17/h1-9,11-12H,10H2. The van der Waals surface area contributed by atoms with Gasteiger partial charge in [0.25, 0.3) is 11.5 Å². The van der Waals surface area contributed by atoms with Gasteiger partial charge in [-0.3, -0.25) is 15.1 Å². The van der Waals surface area contributed by atoms with Gasteiger partial charge in [-0.05, 0) is 23.8 Å². The lowest BCUT2D eigenvalue weighted by molar-refractivity contribution is -0.384. The molecule has 0 spiro atoms. The fourth-order valence-electron chi connectivity index (χ4n) is 3.18. The molecule has 0 bridgehead atoms. The van der Waals surface area contributed by atoms with Crippen LogP contribution in [0, 0.1) is 10.1 Å². The molecule has 5 rings (SSSR count). The lowest BCUT2D eigenvalue weighted by atomic mass is 10.1. The van der Waals surface area contributed by atoms with Crippen molar-refractivity contribution < 1.29 is 4.92 Å². The Kier molecular flexibility index (Phi) is 3.91. The number of fused-ring (bicyclic) bond motifs is 2. The van der Waals surface area contributed by atoms with E-state index in [0.717, 1.165) is 16.5 Å². The topological polar surface area (TPSA) is 112 Å². The summed E-state index contributed by atoms with van der Waals surface area (Å²) in [6.07, 6.45) is 3.81. The van der Waals surface area contributed by atoms with Gasteiger partial charge in [-0.15, -0.1) is 10.2 Å². The minimum Gasteiger partial charge on any atom is -0.258 e. The Morgan fingerprint density at radius 1 is 1.00 bits per heavy atom. The lowest BCUT2D eigenvalue weighted by Gasteiger charge is -2.04. The van der Waals surface area contributed by atoms with Crippen molar-refractivity contribution in [3.8, 4) is 11.3 Å². The van der Waals surface area contributed by atoms with Crippen molar-refractivity contribution in [1.29, 1.82) is 0 Å². The minimum absolute atomic E-state index is 0.00171. The summed E-state index contributed by atoms with van der Waals surface area (Å²) in [7, 11) is 0. The summed E-state index contributed by atoms with van der Waals surface area (Å²) < 4.78 is 1.57. The van der Waals surface area contributed by atoms with E-state index in [-0.39, 0.29) is 5.69 Å². The van der Waals surface area contributed by atoms with Crippen LogP contribution in [-0.4, -0.2) is 34.7 Å². The number of benzene rings is 2. The average molecular weight is 383 g/mol. The van der Waals surface area contributed by atoms with Gasteiger partial charge >= 0.3 is 0 Å². The highest BCUT2D eigenvalue weighted by molar-refractivity contribution is 5.79. The zero-order valence-corrected chi connectivity index (χ0v) is 15.0. The maximum absolute atomic E-state index is 11.0. The molecule has 9 nitrogen and oxygen atoms in total. The molecule has 2 aromatic carbocycles. The summed E-state index contributed by atoms with van der Waals surface area (Å²) >= 11 is 0. The number of rotatable bonds is 4. The Bertz CT molecular complexity index is 1380. The predicted octanol–water partition coefficient (Wildman–Crippen LogP) is 3.23. The van der Waals surface area contributed by atoms with Crippen molar-refractivity contribution in [2.24, 2.45) is 0 Å². The summed E-state index contributed by atoms with van der Waals surface area (Å²) in [6, 6.07) is 16.2. The summed E-state index contributed by atoms with van der Waals surface area (Å²) in [6.45, 7) is 0. The molecule has 0 aliphatic heterocycles. The van der Waals surface area contributed by atoms with Crippen molar-refractivity contribution in [2.45, 2.75) is 6.42 Å². The second-order valence-electron chi connectivity index (χ2n) is 6.49. The van der Waals surface area contributed by atoms with E-state index in [9.17, 15) is 10.1 Å². The summed E-state index contributed by atoms with van der Waals surface area (Å²) in [4.78, 5) is 19.2. The zero-order valence-electron chi connectivity index (χ0n) is 15.0. The highest BCUT2D eigenvalue weighted by atomic mass is 16.6. The maximum atomic E-state index is 11.0. The first-order valence-corrected chi connectivity index (χ1v) is 8.83. The molecule has 29 heavy (non-hydrogen) atoms. The number of nitro benzene ring substituents is 1. The third-order valence-corrected chi connectivity index (χ3v) is 4.58. The second-order valence-corrected chi connectivity index (χ2v) is 6.49. The first kappa shape index (κ1) is 16.9. The van der Waals surface area contributed by atoms with E-state index in [4.69, 9.17) is 0 Å². The van der Waals surface area contributed by atoms with E-state index in [2.05, 4.69) is 31.3 Å². The predicted molar refractivity (Wildman–Crippen MR) is 105 cm³/mol. The highest BCUT2D eigenvalue weighted by Gasteiger charge is 2.13. The monoisotopic (exact) mass is 383 g/mol. The first-order chi connectivity index (χ1) is 14.2. The Morgan fingerprint density at radius 2 is 1.93 bits per heavy atom. The largest absolute Gasteiger partial charge is 0.271 e. The molecule has 3 aromatic heterocycles. The summed E-state index contributed by atoms with van der Waals surface area (Å²) in [5.41, 5.74) is 3.07. The summed E-state index contributed by atoms with van der Waals surface area (Å²) in [5.74, 6) is 1.000. The highest BCUT2D eigenvalue weighted by Crippen LogP contribution is 2.22. The molecule has 5 aromatic rings. The van der Waals surface area contributed by atoms with Crippen molar-refractivity contribution in [1.82, 2.24) is 29.8 Å². The van der Waals surface area contributed by atoms with Crippen LogP contribution in [0.3, 0.4) is 0 Å². The molecular formula is C20H13N7O2. The number of nitrogens with zero attached hydrogens (tertiary/aromatic N) is 7. The van der Waals surface area contributed by atoms with Crippen LogP contribution in [0.1, 0.15) is 11.4 Å². The van der Waals surface area contributed by atoms with E-state index in [0.29, 0.717) is 29.3 Å². The number of pyridine rings is 1. The van der Waals surface area contributed by atoms with Gasteiger partial charge in [0.1, 0.15) is 5.69 Å². The Balaban J connectivity index is 1.54. The van der Waals surface area contributed by atoms with Gasteiger partial charge in [-0.2, -0.15) is 9.61 Å². The number of aromatic nitrogens is 6. The van der Waals surface area contributed by atoms with Crippen molar-refractivity contribution in [3.05, 3.63) is 88.5 Å². The van der Waals surface area contributed by atoms with Crippen LogP contribution in [0.15, 0.2) is 67.0 Å². The van der Waals surface area contributed by atoms with Crippen LogP contribution < -0.4 is 0 Å². The normalized spacial score (nSPS) is 11.2. The molecule has 0 atom stereocenters. The molecule has 0 saturated carbocycles. The lowest BCUT2D eigenvalue weighted by Crippen LogP contribution is -2.03. The fourth-order valence-corrected chi connectivity index (χ4v) is 3.18. The fraction of sp³-hybridized carbons (Fsp3) is 0.0500. The number of hydrogen-bond donors (Lipinski definition) is 0. The average Bonchev–Trinajstić information content (AvgIpc) is 3.15. The van der Waals surface area contributed by atoms with Gasteiger partial charge < -0.3 is 0 Å². The minimum atomic E-state index is -0.436. The van der Waals surface area contributed by atoms with Crippen LogP contribution in [0.25, 0.3) is 27.9 Å². The number of nitro groups is 1. The molecule has 0 amide bonds. The maximum Gasteiger partial charge on any atom is 0.271 e. The third-order valence-electron chi connectivity index (χ3n) is 4.58. The van der Waals surface area contributed by atoms with Gasteiger partial charge in [0.05, 0.1) is 16.6 Å². The summed E-state index contributed by atoms with van der Waals surface area (Å²) in [5, 5.41) is 24.9. The zero-order chi connectivity index (χ0) is 19.8. The molecule has 0 saturated heterocycles. The van der Waals surface area contributed by atoms with E-state index in [1.54, 1.807) is 22.8 Å². The van der Waals surface area contributed by atoms with Gasteiger partial charge in [0.2, 0.25) is 0 Å². The Hall–Kier alpha value is -4.27. The molecule has 0 radical (unpaired) electrons. The molecule has 0 fully saturated rings. The smallest absolute Gasteiger partial charge is 0.258 e.